The number of rotatable bonds is 4. The van der Waals surface area contributed by atoms with E-state index in [0.29, 0.717) is 5.92 Å². The van der Waals surface area contributed by atoms with Crippen LogP contribution in [0, 0.1) is 0 Å². The van der Waals surface area contributed by atoms with Gasteiger partial charge in [-0.15, -0.1) is 0 Å². The van der Waals surface area contributed by atoms with Gasteiger partial charge in [-0.1, -0.05) is 105 Å². The normalized spacial score (nSPS) is 12.1. The van der Waals surface area contributed by atoms with Crippen molar-refractivity contribution in [1.29, 1.82) is 0 Å². The van der Waals surface area contributed by atoms with Crippen molar-refractivity contribution in [1.82, 2.24) is 4.57 Å². The monoisotopic (exact) mass is 617 g/mol. The predicted molar refractivity (Wildman–Crippen MR) is 200 cm³/mol. The number of aromatic nitrogens is 1. The fraction of sp³-hybridized carbons (Fsp3) is 0.0667. The number of furan rings is 2. The molecule has 0 aliphatic rings. The standard InChI is InChI=1S/C45H31NO2/c1-27(2)33-10-7-11-36-39-26-32(20-23-44(39)48-45(33)36)46-40-12-5-3-8-34(40)37-24-30(18-21-41(37)46)28-14-16-29(17-15-28)31-19-22-43-38(25-31)35-9-4-6-13-42(35)47-43/h3-27H,1-2H3. The highest BCUT2D eigenvalue weighted by atomic mass is 16.3. The third-order valence-corrected chi connectivity index (χ3v) is 9.99. The lowest BCUT2D eigenvalue weighted by molar-refractivity contribution is 0.657. The topological polar surface area (TPSA) is 31.2 Å². The SMILES string of the molecule is CC(C)c1cccc2c1oc1ccc(-n3c4ccccc4c4cc(-c5ccc(-c6ccc7oc8ccccc8c7c6)cc5)ccc43)cc12. The minimum atomic E-state index is 0.392. The van der Waals surface area contributed by atoms with Crippen molar-refractivity contribution in [3.63, 3.8) is 0 Å². The molecule has 3 heteroatoms. The van der Waals surface area contributed by atoms with Gasteiger partial charge in [0.15, 0.2) is 0 Å². The fourth-order valence-corrected chi connectivity index (χ4v) is 7.59. The largest absolute Gasteiger partial charge is 0.456 e. The van der Waals surface area contributed by atoms with Gasteiger partial charge in [-0.3, -0.25) is 0 Å². The van der Waals surface area contributed by atoms with Crippen molar-refractivity contribution in [3.8, 4) is 27.9 Å². The van der Waals surface area contributed by atoms with Crippen molar-refractivity contribution in [2.75, 3.05) is 0 Å². The Balaban J connectivity index is 1.07. The molecule has 3 nitrogen and oxygen atoms in total. The van der Waals surface area contributed by atoms with Crippen molar-refractivity contribution in [2.45, 2.75) is 19.8 Å². The molecule has 0 aliphatic heterocycles. The molecule has 7 aromatic carbocycles. The van der Waals surface area contributed by atoms with Gasteiger partial charge in [0.05, 0.1) is 11.0 Å². The maximum Gasteiger partial charge on any atom is 0.138 e. The van der Waals surface area contributed by atoms with Gasteiger partial charge >= 0.3 is 0 Å². The summed E-state index contributed by atoms with van der Waals surface area (Å²) in [6.45, 7) is 4.44. The summed E-state index contributed by atoms with van der Waals surface area (Å²) in [6, 6.07) is 52.3. The molecule has 0 saturated carbocycles. The van der Waals surface area contributed by atoms with Crippen LogP contribution in [0.25, 0.3) is 93.6 Å². The Kier molecular flexibility index (Phi) is 5.77. The van der Waals surface area contributed by atoms with Gasteiger partial charge in [0, 0.05) is 38.0 Å². The first-order chi connectivity index (χ1) is 23.6. The van der Waals surface area contributed by atoms with Crippen LogP contribution in [0.5, 0.6) is 0 Å². The third kappa shape index (κ3) is 4.01. The van der Waals surface area contributed by atoms with Gasteiger partial charge in [0.25, 0.3) is 0 Å². The molecule has 3 aromatic heterocycles. The number of para-hydroxylation sites is 3. The highest BCUT2D eigenvalue weighted by Crippen LogP contribution is 2.39. The zero-order chi connectivity index (χ0) is 31.9. The number of benzene rings is 7. The zero-order valence-corrected chi connectivity index (χ0v) is 26.7. The fourth-order valence-electron chi connectivity index (χ4n) is 7.59. The van der Waals surface area contributed by atoms with E-state index in [-0.39, 0.29) is 0 Å². The average molecular weight is 618 g/mol. The highest BCUT2D eigenvalue weighted by Gasteiger charge is 2.17. The molecule has 3 heterocycles. The summed E-state index contributed by atoms with van der Waals surface area (Å²) in [5.74, 6) is 0.392. The van der Waals surface area contributed by atoms with Crippen LogP contribution in [0.3, 0.4) is 0 Å². The van der Waals surface area contributed by atoms with E-state index in [0.717, 1.165) is 44.2 Å². The van der Waals surface area contributed by atoms with E-state index in [4.69, 9.17) is 8.83 Å². The lowest BCUT2D eigenvalue weighted by Gasteiger charge is -2.09. The Hall–Kier alpha value is -6.06. The molecule has 0 fully saturated rings. The van der Waals surface area contributed by atoms with E-state index in [1.807, 2.05) is 12.1 Å². The van der Waals surface area contributed by atoms with E-state index >= 15 is 0 Å². The average Bonchev–Trinajstić information content (AvgIpc) is 3.80. The molecule has 0 amide bonds. The van der Waals surface area contributed by atoms with Crippen LogP contribution in [-0.2, 0) is 0 Å². The van der Waals surface area contributed by atoms with Crippen molar-refractivity contribution < 1.29 is 8.83 Å². The Bertz CT molecular complexity index is 2860. The van der Waals surface area contributed by atoms with Gasteiger partial charge in [-0.25, -0.2) is 0 Å². The quantitative estimate of drug-likeness (QED) is 0.197. The number of hydrogen-bond acceptors (Lipinski definition) is 2. The third-order valence-electron chi connectivity index (χ3n) is 9.99. The molecule has 228 valence electrons. The second-order valence-corrected chi connectivity index (χ2v) is 13.1. The van der Waals surface area contributed by atoms with E-state index in [2.05, 4.69) is 152 Å². The Labute approximate surface area is 277 Å². The first kappa shape index (κ1) is 27.1. The van der Waals surface area contributed by atoms with E-state index in [1.165, 1.54) is 55.0 Å². The second kappa shape index (κ2) is 10.2. The molecule has 0 atom stereocenters. The molecular formula is C45H31NO2. The van der Waals surface area contributed by atoms with Crippen molar-refractivity contribution in [3.05, 3.63) is 151 Å². The molecule has 0 saturated heterocycles. The molecule has 0 N–H and O–H groups in total. The number of nitrogens with zero attached hydrogens (tertiary/aromatic N) is 1. The summed E-state index contributed by atoms with van der Waals surface area (Å²) in [7, 11) is 0. The van der Waals surface area contributed by atoms with Crippen LogP contribution in [0.1, 0.15) is 25.3 Å². The van der Waals surface area contributed by atoms with Crippen LogP contribution in [0.2, 0.25) is 0 Å². The van der Waals surface area contributed by atoms with Gasteiger partial charge < -0.3 is 13.4 Å². The van der Waals surface area contributed by atoms with Gasteiger partial charge in [0.1, 0.15) is 22.3 Å². The first-order valence-corrected chi connectivity index (χ1v) is 16.6. The second-order valence-electron chi connectivity index (χ2n) is 13.1. The van der Waals surface area contributed by atoms with Crippen LogP contribution >= 0.6 is 0 Å². The van der Waals surface area contributed by atoms with Gasteiger partial charge in [-0.2, -0.15) is 0 Å². The maximum atomic E-state index is 6.41. The lowest BCUT2D eigenvalue weighted by Crippen LogP contribution is -1.93. The Morgan fingerprint density at radius 2 is 1.00 bits per heavy atom. The summed E-state index contributed by atoms with van der Waals surface area (Å²) in [5, 5.41) is 7.09. The molecule has 10 rings (SSSR count). The van der Waals surface area contributed by atoms with Crippen LogP contribution in [0.15, 0.2) is 154 Å². The Morgan fingerprint density at radius 1 is 0.417 bits per heavy atom. The first-order valence-electron chi connectivity index (χ1n) is 16.6. The smallest absolute Gasteiger partial charge is 0.138 e. The Morgan fingerprint density at radius 3 is 1.81 bits per heavy atom. The van der Waals surface area contributed by atoms with Gasteiger partial charge in [0.2, 0.25) is 0 Å². The molecule has 0 aliphatic carbocycles. The van der Waals surface area contributed by atoms with Crippen LogP contribution in [-0.4, -0.2) is 4.57 Å². The molecule has 0 radical (unpaired) electrons. The van der Waals surface area contributed by atoms with Crippen LogP contribution < -0.4 is 0 Å². The minimum Gasteiger partial charge on any atom is -0.456 e. The summed E-state index contributed by atoms with van der Waals surface area (Å²) < 4.78 is 14.9. The lowest BCUT2D eigenvalue weighted by atomic mass is 9.98. The van der Waals surface area contributed by atoms with E-state index in [9.17, 15) is 0 Å². The minimum absolute atomic E-state index is 0.392. The summed E-state index contributed by atoms with van der Waals surface area (Å²) in [5.41, 5.74) is 13.3. The molecule has 0 bridgehead atoms. The molecular weight excluding hydrogens is 587 g/mol. The number of hydrogen-bond donors (Lipinski definition) is 0. The van der Waals surface area contributed by atoms with Crippen LogP contribution in [0.4, 0.5) is 0 Å². The molecule has 0 spiro atoms. The maximum absolute atomic E-state index is 6.41. The number of fused-ring (bicyclic) bond motifs is 9. The van der Waals surface area contributed by atoms with Gasteiger partial charge in [-0.05, 0) is 88.3 Å². The van der Waals surface area contributed by atoms with E-state index in [1.54, 1.807) is 0 Å². The highest BCUT2D eigenvalue weighted by molar-refractivity contribution is 6.12. The molecule has 10 aromatic rings. The molecule has 0 unspecified atom stereocenters. The summed E-state index contributed by atoms with van der Waals surface area (Å²) in [6.07, 6.45) is 0. The zero-order valence-electron chi connectivity index (χ0n) is 26.7. The summed E-state index contributed by atoms with van der Waals surface area (Å²) in [4.78, 5) is 0. The van der Waals surface area contributed by atoms with E-state index < -0.39 is 0 Å². The predicted octanol–water partition coefficient (Wildman–Crippen LogP) is 13.0. The summed E-state index contributed by atoms with van der Waals surface area (Å²) >= 11 is 0. The van der Waals surface area contributed by atoms with Crippen molar-refractivity contribution in [2.24, 2.45) is 0 Å². The molecule has 48 heavy (non-hydrogen) atoms. The van der Waals surface area contributed by atoms with Crippen molar-refractivity contribution >= 4 is 65.7 Å².